The molecule has 0 unspecified atom stereocenters. The molecule has 1 aromatic heterocycles. The molecule has 6 nitrogen and oxygen atoms in total. The van der Waals surface area contributed by atoms with Gasteiger partial charge in [0.15, 0.2) is 0 Å². The lowest BCUT2D eigenvalue weighted by Crippen LogP contribution is -2.32. The molecule has 0 bridgehead atoms. The molecule has 3 rings (SSSR count). The lowest BCUT2D eigenvalue weighted by molar-refractivity contribution is -0.137. The second kappa shape index (κ2) is 9.72. The molecule has 1 amide bonds. The first-order chi connectivity index (χ1) is 15.5. The van der Waals surface area contributed by atoms with Crippen molar-refractivity contribution < 1.29 is 30.8 Å². The van der Waals surface area contributed by atoms with Gasteiger partial charge in [0, 0.05) is 0 Å². The zero-order valence-electron chi connectivity index (χ0n) is 17.0. The SMILES string of the molecule is C=CCN(c1cccc(C(F)(F)F)c1)S(=O)(=O)c1ccc(Cl)c(C(=O)NCc2ccco2)c1. The first-order valence-corrected chi connectivity index (χ1v) is 11.3. The van der Waals surface area contributed by atoms with Crippen molar-refractivity contribution in [1.82, 2.24) is 5.32 Å². The van der Waals surface area contributed by atoms with Crippen LogP contribution in [0, 0.1) is 0 Å². The minimum absolute atomic E-state index is 0.000217. The number of nitrogens with zero attached hydrogens (tertiary/aromatic N) is 1. The van der Waals surface area contributed by atoms with E-state index in [2.05, 4.69) is 11.9 Å². The van der Waals surface area contributed by atoms with Gasteiger partial charge >= 0.3 is 6.18 Å². The van der Waals surface area contributed by atoms with Gasteiger partial charge in [-0.05, 0) is 48.5 Å². The zero-order chi connectivity index (χ0) is 24.2. The Bertz CT molecular complexity index is 1260. The molecule has 0 fully saturated rings. The molecule has 0 aliphatic rings. The van der Waals surface area contributed by atoms with Crippen molar-refractivity contribution in [3.8, 4) is 0 Å². The van der Waals surface area contributed by atoms with Crippen LogP contribution in [0.3, 0.4) is 0 Å². The Balaban J connectivity index is 1.96. The van der Waals surface area contributed by atoms with Crippen molar-refractivity contribution in [3.63, 3.8) is 0 Å². The number of halogens is 4. The van der Waals surface area contributed by atoms with Crippen molar-refractivity contribution in [2.75, 3.05) is 10.8 Å². The second-order valence-electron chi connectivity index (χ2n) is 6.78. The number of alkyl halides is 3. The molecule has 0 aliphatic heterocycles. The molecular formula is C22H18ClF3N2O4S. The maximum atomic E-state index is 13.3. The number of nitrogens with one attached hydrogen (secondary N) is 1. The van der Waals surface area contributed by atoms with Crippen LogP contribution in [-0.4, -0.2) is 20.9 Å². The van der Waals surface area contributed by atoms with Crippen LogP contribution in [-0.2, 0) is 22.7 Å². The molecule has 174 valence electrons. The Morgan fingerprint density at radius 3 is 2.55 bits per heavy atom. The molecular weight excluding hydrogens is 481 g/mol. The molecule has 0 atom stereocenters. The van der Waals surface area contributed by atoms with Gasteiger partial charge in [-0.25, -0.2) is 8.42 Å². The largest absolute Gasteiger partial charge is 0.467 e. The zero-order valence-corrected chi connectivity index (χ0v) is 18.5. The van der Waals surface area contributed by atoms with E-state index in [1.165, 1.54) is 30.5 Å². The van der Waals surface area contributed by atoms with Gasteiger partial charge in [0.05, 0.1) is 46.1 Å². The van der Waals surface area contributed by atoms with Crippen molar-refractivity contribution in [2.24, 2.45) is 0 Å². The van der Waals surface area contributed by atoms with Crippen LogP contribution in [0.15, 0.2) is 82.8 Å². The van der Waals surface area contributed by atoms with Gasteiger partial charge in [-0.3, -0.25) is 9.10 Å². The van der Waals surface area contributed by atoms with Gasteiger partial charge in [-0.1, -0.05) is 23.7 Å². The van der Waals surface area contributed by atoms with Crippen LogP contribution in [0.5, 0.6) is 0 Å². The topological polar surface area (TPSA) is 79.6 Å². The normalized spacial score (nSPS) is 11.8. The number of anilines is 1. The molecule has 0 aliphatic carbocycles. The van der Waals surface area contributed by atoms with Crippen LogP contribution in [0.4, 0.5) is 18.9 Å². The van der Waals surface area contributed by atoms with E-state index in [9.17, 15) is 26.4 Å². The Morgan fingerprint density at radius 1 is 1.15 bits per heavy atom. The van der Waals surface area contributed by atoms with Crippen LogP contribution in [0.25, 0.3) is 0 Å². The van der Waals surface area contributed by atoms with Gasteiger partial charge in [0.1, 0.15) is 5.76 Å². The number of amides is 1. The number of hydrogen-bond acceptors (Lipinski definition) is 4. The summed E-state index contributed by atoms with van der Waals surface area (Å²) in [5.74, 6) is -0.173. The molecule has 0 saturated heterocycles. The number of rotatable bonds is 8. The molecule has 0 radical (unpaired) electrons. The molecule has 33 heavy (non-hydrogen) atoms. The minimum Gasteiger partial charge on any atom is -0.467 e. The van der Waals surface area contributed by atoms with E-state index in [4.69, 9.17) is 16.0 Å². The van der Waals surface area contributed by atoms with E-state index in [-0.39, 0.29) is 34.3 Å². The standard InChI is InChI=1S/C22H18ClF3N2O4S/c1-2-10-28(16-6-3-5-15(12-16)22(24,25)26)33(30,31)18-8-9-20(23)19(13-18)21(29)27-14-17-7-4-11-32-17/h2-9,11-13H,1,10,14H2,(H,27,29). The van der Waals surface area contributed by atoms with E-state index >= 15 is 0 Å². The van der Waals surface area contributed by atoms with Crippen molar-refractivity contribution in [2.45, 2.75) is 17.6 Å². The van der Waals surface area contributed by atoms with E-state index in [0.29, 0.717) is 5.76 Å². The quantitative estimate of drug-likeness (QED) is 0.429. The maximum Gasteiger partial charge on any atom is 0.416 e. The fourth-order valence-corrected chi connectivity index (χ4v) is 4.60. The Kier molecular flexibility index (Phi) is 7.19. The third kappa shape index (κ3) is 5.58. The fourth-order valence-electron chi connectivity index (χ4n) is 2.94. The summed E-state index contributed by atoms with van der Waals surface area (Å²) < 4.78 is 72.0. The average molecular weight is 499 g/mol. The molecule has 0 saturated carbocycles. The molecule has 1 N–H and O–H groups in total. The minimum atomic E-state index is -4.65. The van der Waals surface area contributed by atoms with E-state index in [1.807, 2.05) is 0 Å². The monoisotopic (exact) mass is 498 g/mol. The molecule has 1 heterocycles. The summed E-state index contributed by atoms with van der Waals surface area (Å²) in [5.41, 5.74) is -1.33. The second-order valence-corrected chi connectivity index (χ2v) is 9.05. The highest BCUT2D eigenvalue weighted by Gasteiger charge is 2.32. The summed E-state index contributed by atoms with van der Waals surface area (Å²) in [5, 5.41) is 2.56. The van der Waals surface area contributed by atoms with Crippen LogP contribution >= 0.6 is 11.6 Å². The van der Waals surface area contributed by atoms with Gasteiger partial charge in [-0.2, -0.15) is 13.2 Å². The lowest BCUT2D eigenvalue weighted by Gasteiger charge is -2.24. The summed E-state index contributed by atoms with van der Waals surface area (Å²) in [6.45, 7) is 3.24. The summed E-state index contributed by atoms with van der Waals surface area (Å²) in [6.07, 6.45) is -1.98. The fraction of sp³-hybridized carbons (Fsp3) is 0.136. The number of benzene rings is 2. The van der Waals surface area contributed by atoms with E-state index in [1.54, 1.807) is 12.1 Å². The van der Waals surface area contributed by atoms with Crippen LogP contribution in [0.1, 0.15) is 21.7 Å². The smallest absolute Gasteiger partial charge is 0.416 e. The van der Waals surface area contributed by atoms with Gasteiger partial charge in [0.25, 0.3) is 15.9 Å². The molecule has 11 heteroatoms. The summed E-state index contributed by atoms with van der Waals surface area (Å²) in [4.78, 5) is 12.2. The van der Waals surface area contributed by atoms with Crippen molar-refractivity contribution in [1.29, 1.82) is 0 Å². The third-order valence-corrected chi connectivity index (χ3v) is 6.65. The number of carbonyl (C=O) groups is 1. The van der Waals surface area contributed by atoms with E-state index in [0.717, 1.165) is 28.6 Å². The highest BCUT2D eigenvalue weighted by Crippen LogP contribution is 2.33. The summed E-state index contributed by atoms with van der Waals surface area (Å²) >= 11 is 6.10. The summed E-state index contributed by atoms with van der Waals surface area (Å²) in [7, 11) is -4.37. The lowest BCUT2D eigenvalue weighted by atomic mass is 10.2. The predicted molar refractivity (Wildman–Crippen MR) is 118 cm³/mol. The van der Waals surface area contributed by atoms with Crippen molar-refractivity contribution in [3.05, 3.63) is 95.4 Å². The van der Waals surface area contributed by atoms with Gasteiger partial charge in [0.2, 0.25) is 0 Å². The first kappa shape index (κ1) is 24.4. The molecule has 2 aromatic carbocycles. The van der Waals surface area contributed by atoms with Gasteiger partial charge in [-0.15, -0.1) is 6.58 Å². The average Bonchev–Trinajstić information content (AvgIpc) is 3.29. The number of furan rings is 1. The Morgan fingerprint density at radius 2 is 1.91 bits per heavy atom. The molecule has 3 aromatic rings. The van der Waals surface area contributed by atoms with E-state index < -0.39 is 27.7 Å². The predicted octanol–water partition coefficient (Wildman–Crippen LogP) is 5.26. The third-order valence-electron chi connectivity index (χ3n) is 4.53. The number of carbonyl (C=O) groups excluding carboxylic acids is 1. The highest BCUT2D eigenvalue weighted by atomic mass is 35.5. The van der Waals surface area contributed by atoms with Crippen molar-refractivity contribution >= 4 is 33.2 Å². The number of hydrogen-bond donors (Lipinski definition) is 1. The first-order valence-electron chi connectivity index (χ1n) is 9.45. The maximum absolute atomic E-state index is 13.3. The number of sulfonamides is 1. The summed E-state index contributed by atoms with van der Waals surface area (Å²) in [6, 6.07) is 10.7. The molecule has 0 spiro atoms. The highest BCUT2D eigenvalue weighted by molar-refractivity contribution is 7.92. The Hall–Kier alpha value is -3.24. The Labute approximate surface area is 193 Å². The van der Waals surface area contributed by atoms with Gasteiger partial charge < -0.3 is 9.73 Å². The van der Waals surface area contributed by atoms with Crippen LogP contribution in [0.2, 0.25) is 5.02 Å². The van der Waals surface area contributed by atoms with Crippen LogP contribution < -0.4 is 9.62 Å².